The molecule has 0 aromatic heterocycles. The van der Waals surface area contributed by atoms with Crippen molar-refractivity contribution in [3.63, 3.8) is 0 Å². The van der Waals surface area contributed by atoms with Crippen molar-refractivity contribution in [3.8, 4) is 5.75 Å². The molecule has 0 saturated heterocycles. The van der Waals surface area contributed by atoms with Crippen LogP contribution in [0.2, 0.25) is 0 Å². The van der Waals surface area contributed by atoms with Crippen LogP contribution in [-0.2, 0) is 12.8 Å². The zero-order valence-corrected chi connectivity index (χ0v) is 12.3. The van der Waals surface area contributed by atoms with Crippen molar-refractivity contribution < 1.29 is 4.74 Å². The van der Waals surface area contributed by atoms with Crippen LogP contribution in [0.1, 0.15) is 38.3 Å². The van der Waals surface area contributed by atoms with Gasteiger partial charge in [-0.2, -0.15) is 0 Å². The standard InChI is InChI=1S/C16H26N2O/c1-11(2)12(3)15(18-17)6-4-13-5-7-16-14(10-13)8-9-19-16/h5,7,10-12,15,18H,4,6,8-9,17H2,1-3H3. The van der Waals surface area contributed by atoms with Gasteiger partial charge in [-0.05, 0) is 41.9 Å². The average Bonchev–Trinajstić information content (AvgIpc) is 2.86. The van der Waals surface area contributed by atoms with Gasteiger partial charge >= 0.3 is 0 Å². The largest absolute Gasteiger partial charge is 0.493 e. The van der Waals surface area contributed by atoms with Crippen LogP contribution < -0.4 is 16.0 Å². The predicted octanol–water partition coefficient (Wildman–Crippen LogP) is 2.68. The van der Waals surface area contributed by atoms with E-state index in [4.69, 9.17) is 10.6 Å². The minimum Gasteiger partial charge on any atom is -0.493 e. The monoisotopic (exact) mass is 262 g/mol. The highest BCUT2D eigenvalue weighted by Crippen LogP contribution is 2.27. The first kappa shape index (κ1) is 14.4. The summed E-state index contributed by atoms with van der Waals surface area (Å²) in [5, 5.41) is 0. The van der Waals surface area contributed by atoms with E-state index in [1.54, 1.807) is 0 Å². The van der Waals surface area contributed by atoms with E-state index in [2.05, 4.69) is 44.4 Å². The maximum absolute atomic E-state index is 5.70. The first-order valence-electron chi connectivity index (χ1n) is 7.32. The fourth-order valence-corrected chi connectivity index (χ4v) is 2.68. The lowest BCUT2D eigenvalue weighted by molar-refractivity contribution is 0.288. The first-order chi connectivity index (χ1) is 9.11. The van der Waals surface area contributed by atoms with E-state index >= 15 is 0 Å². The maximum Gasteiger partial charge on any atom is 0.122 e. The van der Waals surface area contributed by atoms with Gasteiger partial charge in [0.15, 0.2) is 0 Å². The Labute approximate surface area is 116 Å². The number of nitrogens with two attached hydrogens (primary N) is 1. The molecule has 0 spiro atoms. The van der Waals surface area contributed by atoms with Gasteiger partial charge in [0.2, 0.25) is 0 Å². The van der Waals surface area contributed by atoms with Gasteiger partial charge in [-0.15, -0.1) is 0 Å². The predicted molar refractivity (Wildman–Crippen MR) is 79.1 cm³/mol. The van der Waals surface area contributed by atoms with Gasteiger partial charge in [-0.25, -0.2) is 0 Å². The summed E-state index contributed by atoms with van der Waals surface area (Å²) in [6.07, 6.45) is 3.19. The number of ether oxygens (including phenoxy) is 1. The fourth-order valence-electron chi connectivity index (χ4n) is 2.68. The molecule has 1 aliphatic rings. The average molecular weight is 262 g/mol. The molecule has 1 aromatic carbocycles. The van der Waals surface area contributed by atoms with Crippen LogP contribution in [-0.4, -0.2) is 12.6 Å². The molecule has 3 N–H and O–H groups in total. The topological polar surface area (TPSA) is 47.3 Å². The molecule has 0 amide bonds. The molecule has 1 heterocycles. The van der Waals surface area contributed by atoms with Crippen molar-refractivity contribution in [1.82, 2.24) is 5.43 Å². The minimum atomic E-state index is 0.379. The van der Waals surface area contributed by atoms with Crippen molar-refractivity contribution in [1.29, 1.82) is 0 Å². The van der Waals surface area contributed by atoms with Gasteiger partial charge in [0.25, 0.3) is 0 Å². The number of benzene rings is 1. The third-order valence-electron chi connectivity index (χ3n) is 4.40. The summed E-state index contributed by atoms with van der Waals surface area (Å²) in [5.74, 6) is 7.99. The lowest BCUT2D eigenvalue weighted by atomic mass is 9.87. The summed E-state index contributed by atoms with van der Waals surface area (Å²) in [7, 11) is 0. The second-order valence-corrected chi connectivity index (χ2v) is 5.96. The molecule has 0 fully saturated rings. The Bertz CT molecular complexity index is 417. The van der Waals surface area contributed by atoms with E-state index in [1.165, 1.54) is 11.1 Å². The molecule has 2 unspecified atom stereocenters. The lowest BCUT2D eigenvalue weighted by Gasteiger charge is -2.26. The van der Waals surface area contributed by atoms with Crippen LogP contribution in [0.15, 0.2) is 18.2 Å². The van der Waals surface area contributed by atoms with Gasteiger partial charge in [0.1, 0.15) is 5.75 Å². The molecule has 1 aliphatic heterocycles. The smallest absolute Gasteiger partial charge is 0.122 e. The first-order valence-corrected chi connectivity index (χ1v) is 7.32. The molecule has 106 valence electrons. The van der Waals surface area contributed by atoms with Crippen molar-refractivity contribution in [2.24, 2.45) is 17.7 Å². The summed E-state index contributed by atoms with van der Waals surface area (Å²) >= 11 is 0. The highest BCUT2D eigenvalue weighted by Gasteiger charge is 2.19. The minimum absolute atomic E-state index is 0.379. The van der Waals surface area contributed by atoms with Crippen LogP contribution >= 0.6 is 0 Å². The Morgan fingerprint density at radius 2 is 2.11 bits per heavy atom. The van der Waals surface area contributed by atoms with E-state index in [1.807, 2.05) is 0 Å². The van der Waals surface area contributed by atoms with Gasteiger partial charge in [-0.1, -0.05) is 32.9 Å². The normalized spacial score (nSPS) is 17.1. The van der Waals surface area contributed by atoms with Crippen LogP contribution in [0.25, 0.3) is 0 Å². The Balaban J connectivity index is 1.94. The fraction of sp³-hybridized carbons (Fsp3) is 0.625. The molecular formula is C16H26N2O. The van der Waals surface area contributed by atoms with Crippen LogP contribution in [0, 0.1) is 11.8 Å². The Hall–Kier alpha value is -1.06. The summed E-state index contributed by atoms with van der Waals surface area (Å²) in [6.45, 7) is 7.60. The third kappa shape index (κ3) is 3.48. The number of hydrazine groups is 1. The second-order valence-electron chi connectivity index (χ2n) is 5.96. The Kier molecular flexibility index (Phi) is 4.83. The highest BCUT2D eigenvalue weighted by atomic mass is 16.5. The van der Waals surface area contributed by atoms with E-state index in [0.29, 0.717) is 17.9 Å². The zero-order chi connectivity index (χ0) is 13.8. The van der Waals surface area contributed by atoms with Crippen LogP contribution in [0.5, 0.6) is 5.75 Å². The van der Waals surface area contributed by atoms with Crippen LogP contribution in [0.3, 0.4) is 0 Å². The van der Waals surface area contributed by atoms with E-state index in [0.717, 1.165) is 31.6 Å². The summed E-state index contributed by atoms with van der Waals surface area (Å²) in [6, 6.07) is 6.95. The molecule has 2 atom stereocenters. The molecule has 0 radical (unpaired) electrons. The quantitative estimate of drug-likeness (QED) is 0.612. The Morgan fingerprint density at radius 1 is 1.32 bits per heavy atom. The number of rotatable bonds is 6. The van der Waals surface area contributed by atoms with Crippen molar-refractivity contribution in [3.05, 3.63) is 29.3 Å². The molecule has 0 aliphatic carbocycles. The summed E-state index contributed by atoms with van der Waals surface area (Å²) in [4.78, 5) is 0. The van der Waals surface area contributed by atoms with E-state index in [9.17, 15) is 0 Å². The molecule has 0 saturated carbocycles. The van der Waals surface area contributed by atoms with Gasteiger partial charge in [0.05, 0.1) is 6.61 Å². The Morgan fingerprint density at radius 3 is 2.79 bits per heavy atom. The van der Waals surface area contributed by atoms with Gasteiger partial charge < -0.3 is 4.74 Å². The third-order valence-corrected chi connectivity index (χ3v) is 4.40. The number of aryl methyl sites for hydroxylation is 1. The molecule has 2 rings (SSSR count). The molecule has 1 aromatic rings. The number of hydrogen-bond acceptors (Lipinski definition) is 3. The zero-order valence-electron chi connectivity index (χ0n) is 12.3. The molecular weight excluding hydrogens is 236 g/mol. The second kappa shape index (κ2) is 6.40. The van der Waals surface area contributed by atoms with Crippen LogP contribution in [0.4, 0.5) is 0 Å². The molecule has 3 heteroatoms. The summed E-state index contributed by atoms with van der Waals surface area (Å²) in [5.41, 5.74) is 5.72. The molecule has 0 bridgehead atoms. The number of hydrogen-bond donors (Lipinski definition) is 2. The number of fused-ring (bicyclic) bond motifs is 1. The lowest BCUT2D eigenvalue weighted by Crippen LogP contribution is -2.42. The van der Waals surface area contributed by atoms with Crippen molar-refractivity contribution in [2.45, 2.75) is 46.1 Å². The maximum atomic E-state index is 5.70. The molecule has 19 heavy (non-hydrogen) atoms. The summed E-state index contributed by atoms with van der Waals surface area (Å²) < 4.78 is 5.54. The van der Waals surface area contributed by atoms with Crippen molar-refractivity contribution >= 4 is 0 Å². The molecule has 3 nitrogen and oxygen atoms in total. The SMILES string of the molecule is CC(C)C(C)C(CCc1ccc2c(c1)CCO2)NN. The highest BCUT2D eigenvalue weighted by molar-refractivity contribution is 5.39. The van der Waals surface area contributed by atoms with Gasteiger partial charge in [0, 0.05) is 12.5 Å². The van der Waals surface area contributed by atoms with E-state index < -0.39 is 0 Å². The number of nitrogens with one attached hydrogen (secondary N) is 1. The van der Waals surface area contributed by atoms with E-state index in [-0.39, 0.29) is 0 Å². The van der Waals surface area contributed by atoms with Crippen molar-refractivity contribution in [2.75, 3.05) is 6.61 Å². The van der Waals surface area contributed by atoms with Gasteiger partial charge in [-0.3, -0.25) is 11.3 Å².